The molecule has 0 bridgehead atoms. The number of nitrogens with one attached hydrogen (secondary N) is 1. The number of likely N-dealkylation sites (N-methyl/N-ethyl adjacent to an activating group) is 1. The van der Waals surface area contributed by atoms with Gasteiger partial charge in [0.15, 0.2) is 0 Å². The van der Waals surface area contributed by atoms with Gasteiger partial charge in [-0.1, -0.05) is 13.8 Å². The van der Waals surface area contributed by atoms with Gasteiger partial charge in [-0.2, -0.15) is 0 Å². The lowest BCUT2D eigenvalue weighted by atomic mass is 10.2. The summed E-state index contributed by atoms with van der Waals surface area (Å²) in [5.41, 5.74) is 0. The summed E-state index contributed by atoms with van der Waals surface area (Å²) in [5, 5.41) is 2.77. The highest BCUT2D eigenvalue weighted by Crippen LogP contribution is 2.00. The van der Waals surface area contributed by atoms with E-state index in [0.29, 0.717) is 18.5 Å². The van der Waals surface area contributed by atoms with Crippen LogP contribution in [0.3, 0.4) is 0 Å². The largest absolute Gasteiger partial charge is 0.354 e. The van der Waals surface area contributed by atoms with E-state index in [9.17, 15) is 4.79 Å². The zero-order valence-corrected chi connectivity index (χ0v) is 10.3. The quantitative estimate of drug-likeness (QED) is 0.685. The van der Waals surface area contributed by atoms with Crippen molar-refractivity contribution in [1.29, 1.82) is 0 Å². The maximum atomic E-state index is 10.9. The second kappa shape index (κ2) is 7.07. The third kappa shape index (κ3) is 6.22. The van der Waals surface area contributed by atoms with Gasteiger partial charge in [0, 0.05) is 19.1 Å². The molecule has 0 saturated heterocycles. The van der Waals surface area contributed by atoms with Crippen LogP contribution in [-0.4, -0.2) is 42.9 Å². The maximum Gasteiger partial charge on any atom is 0.234 e. The van der Waals surface area contributed by atoms with Gasteiger partial charge >= 0.3 is 0 Å². The first kappa shape index (κ1) is 13.7. The molecule has 0 heterocycles. The smallest absolute Gasteiger partial charge is 0.234 e. The number of amides is 1. The average molecular weight is 221 g/mol. The Morgan fingerprint density at radius 1 is 1.43 bits per heavy atom. The highest BCUT2D eigenvalue weighted by molar-refractivity contribution is 6.27. The molecule has 0 rings (SSSR count). The van der Waals surface area contributed by atoms with E-state index in [1.54, 1.807) is 0 Å². The van der Waals surface area contributed by atoms with E-state index in [1.165, 1.54) is 0 Å². The van der Waals surface area contributed by atoms with Crippen LogP contribution in [-0.2, 0) is 4.79 Å². The fraction of sp³-hybridized carbons (Fsp3) is 0.900. The molecule has 0 aromatic heterocycles. The molecule has 3 nitrogen and oxygen atoms in total. The monoisotopic (exact) mass is 220 g/mol. The van der Waals surface area contributed by atoms with Crippen molar-refractivity contribution >= 4 is 17.5 Å². The lowest BCUT2D eigenvalue weighted by molar-refractivity contribution is -0.118. The van der Waals surface area contributed by atoms with Crippen molar-refractivity contribution in [2.45, 2.75) is 26.8 Å². The topological polar surface area (TPSA) is 32.3 Å². The third-order valence-electron chi connectivity index (χ3n) is 2.12. The molecule has 1 N–H and O–H groups in total. The van der Waals surface area contributed by atoms with Crippen LogP contribution in [0.5, 0.6) is 0 Å². The molecule has 1 amide bonds. The number of alkyl halides is 1. The Labute approximate surface area is 91.8 Å². The lowest BCUT2D eigenvalue weighted by Gasteiger charge is -2.26. The molecule has 0 aliphatic carbocycles. The molecular formula is C10H21ClN2O. The zero-order valence-electron chi connectivity index (χ0n) is 9.51. The second-order valence-electron chi connectivity index (χ2n) is 4.12. The highest BCUT2D eigenvalue weighted by Gasteiger charge is 2.11. The van der Waals surface area contributed by atoms with E-state index >= 15 is 0 Å². The summed E-state index contributed by atoms with van der Waals surface area (Å²) in [6.45, 7) is 8.16. The van der Waals surface area contributed by atoms with Crippen molar-refractivity contribution in [2.75, 3.05) is 26.0 Å². The first-order valence-electron chi connectivity index (χ1n) is 5.00. The fourth-order valence-corrected chi connectivity index (χ4v) is 1.32. The van der Waals surface area contributed by atoms with Crippen LogP contribution in [0.1, 0.15) is 20.8 Å². The Bertz CT molecular complexity index is 174. The first-order valence-corrected chi connectivity index (χ1v) is 5.53. The van der Waals surface area contributed by atoms with Crippen LogP contribution < -0.4 is 5.32 Å². The number of carbonyl (C=O) groups excluding carboxylic acids is 1. The van der Waals surface area contributed by atoms with Gasteiger partial charge in [-0.25, -0.2) is 0 Å². The minimum absolute atomic E-state index is 0.0423. The van der Waals surface area contributed by atoms with E-state index in [4.69, 9.17) is 11.6 Å². The van der Waals surface area contributed by atoms with Crippen LogP contribution in [0.2, 0.25) is 0 Å². The zero-order chi connectivity index (χ0) is 11.1. The number of hydrogen-bond acceptors (Lipinski definition) is 2. The first-order chi connectivity index (χ1) is 6.47. The van der Waals surface area contributed by atoms with Crippen molar-refractivity contribution in [3.63, 3.8) is 0 Å². The number of carbonyl (C=O) groups is 1. The normalized spacial score (nSPS) is 13.4. The van der Waals surface area contributed by atoms with Crippen LogP contribution in [0.15, 0.2) is 0 Å². The SMILES string of the molecule is CC(C)CN(C)C(C)CNC(=O)CCl. The van der Waals surface area contributed by atoms with Gasteiger partial charge in [0.05, 0.1) is 0 Å². The van der Waals surface area contributed by atoms with E-state index in [0.717, 1.165) is 6.54 Å². The molecule has 0 aromatic rings. The predicted octanol–water partition coefficient (Wildman–Crippen LogP) is 1.32. The Morgan fingerprint density at radius 3 is 2.43 bits per heavy atom. The summed E-state index contributed by atoms with van der Waals surface area (Å²) in [5.74, 6) is 0.586. The van der Waals surface area contributed by atoms with E-state index in [-0.39, 0.29) is 11.8 Å². The second-order valence-corrected chi connectivity index (χ2v) is 4.39. The Hall–Kier alpha value is -0.280. The van der Waals surface area contributed by atoms with Crippen LogP contribution >= 0.6 is 11.6 Å². The lowest BCUT2D eigenvalue weighted by Crippen LogP contribution is -2.41. The van der Waals surface area contributed by atoms with E-state index < -0.39 is 0 Å². The molecule has 1 unspecified atom stereocenters. The number of hydrogen-bond donors (Lipinski definition) is 1. The van der Waals surface area contributed by atoms with Gasteiger partial charge in [0.2, 0.25) is 5.91 Å². The molecule has 1 atom stereocenters. The van der Waals surface area contributed by atoms with Crippen molar-refractivity contribution in [3.8, 4) is 0 Å². The van der Waals surface area contributed by atoms with Crippen molar-refractivity contribution in [2.24, 2.45) is 5.92 Å². The van der Waals surface area contributed by atoms with Crippen molar-refractivity contribution in [3.05, 3.63) is 0 Å². The predicted molar refractivity (Wildman–Crippen MR) is 60.7 cm³/mol. The number of nitrogens with zero attached hydrogens (tertiary/aromatic N) is 1. The molecule has 0 aromatic carbocycles. The molecule has 4 heteroatoms. The summed E-state index contributed by atoms with van der Waals surface area (Å²) in [6.07, 6.45) is 0. The van der Waals surface area contributed by atoms with Gasteiger partial charge in [-0.05, 0) is 19.9 Å². The number of halogens is 1. The van der Waals surface area contributed by atoms with Crippen molar-refractivity contribution in [1.82, 2.24) is 10.2 Å². The van der Waals surface area contributed by atoms with Gasteiger partial charge in [0.25, 0.3) is 0 Å². The summed E-state index contributed by atoms with van der Waals surface area (Å²) in [4.78, 5) is 13.1. The molecule has 0 aliphatic heterocycles. The molecule has 0 radical (unpaired) electrons. The van der Waals surface area contributed by atoms with Crippen LogP contribution in [0.4, 0.5) is 0 Å². The minimum atomic E-state index is -0.100. The maximum absolute atomic E-state index is 10.9. The van der Waals surface area contributed by atoms with Gasteiger partial charge in [-0.15, -0.1) is 11.6 Å². The summed E-state index contributed by atoms with van der Waals surface area (Å²) in [7, 11) is 2.07. The Kier molecular flexibility index (Phi) is 6.93. The molecule has 0 spiro atoms. The molecule has 0 saturated carbocycles. The Balaban J connectivity index is 3.72. The van der Waals surface area contributed by atoms with Gasteiger partial charge in [0.1, 0.15) is 5.88 Å². The van der Waals surface area contributed by atoms with Crippen molar-refractivity contribution < 1.29 is 4.79 Å². The molecule has 0 fully saturated rings. The third-order valence-corrected chi connectivity index (χ3v) is 2.36. The van der Waals surface area contributed by atoms with Crippen LogP contribution in [0, 0.1) is 5.92 Å². The summed E-state index contributed by atoms with van der Waals surface area (Å²) < 4.78 is 0. The van der Waals surface area contributed by atoms with Crippen LogP contribution in [0.25, 0.3) is 0 Å². The van der Waals surface area contributed by atoms with Gasteiger partial charge in [-0.3, -0.25) is 4.79 Å². The highest BCUT2D eigenvalue weighted by atomic mass is 35.5. The standard InChI is InChI=1S/C10H21ClN2O/c1-8(2)7-13(4)9(3)6-12-10(14)5-11/h8-9H,5-7H2,1-4H3,(H,12,14). The van der Waals surface area contributed by atoms with E-state index in [1.807, 2.05) is 0 Å². The molecule has 0 aliphatic rings. The Morgan fingerprint density at radius 2 is 2.00 bits per heavy atom. The summed E-state index contributed by atoms with van der Waals surface area (Å²) >= 11 is 5.37. The average Bonchev–Trinajstić information content (AvgIpc) is 2.12. The molecule has 84 valence electrons. The van der Waals surface area contributed by atoms with Gasteiger partial charge < -0.3 is 10.2 Å². The number of rotatable bonds is 6. The van der Waals surface area contributed by atoms with E-state index in [2.05, 4.69) is 38.0 Å². The summed E-state index contributed by atoms with van der Waals surface area (Å²) in [6, 6.07) is 0.351. The molecule has 14 heavy (non-hydrogen) atoms. The molecular weight excluding hydrogens is 200 g/mol. The fourth-order valence-electron chi connectivity index (χ4n) is 1.22. The minimum Gasteiger partial charge on any atom is -0.354 e.